The number of ether oxygens (including phenoxy) is 1. The van der Waals surface area contributed by atoms with Crippen LogP contribution in [0.15, 0.2) is 18.6 Å². The van der Waals surface area contributed by atoms with Crippen LogP contribution in [0, 0.1) is 5.92 Å². The van der Waals surface area contributed by atoms with Crippen molar-refractivity contribution >= 4 is 15.9 Å². The third-order valence-corrected chi connectivity index (χ3v) is 5.86. The van der Waals surface area contributed by atoms with Gasteiger partial charge in [0.1, 0.15) is 6.10 Å². The largest absolute Gasteiger partial charge is 0.471 e. The van der Waals surface area contributed by atoms with Crippen molar-refractivity contribution in [2.45, 2.75) is 25.4 Å². The summed E-state index contributed by atoms with van der Waals surface area (Å²) >= 11 is 0. The second kappa shape index (κ2) is 7.02. The van der Waals surface area contributed by atoms with Crippen molar-refractivity contribution in [3.8, 4) is 5.88 Å². The van der Waals surface area contributed by atoms with Gasteiger partial charge in [0.2, 0.25) is 21.8 Å². The molecule has 0 aromatic carbocycles. The minimum Gasteiger partial charge on any atom is -0.471 e. The number of carbonyl (C=O) groups excluding carboxylic acids is 1. The van der Waals surface area contributed by atoms with E-state index in [0.717, 1.165) is 6.42 Å². The molecule has 3 rings (SSSR count). The predicted molar refractivity (Wildman–Crippen MR) is 86.8 cm³/mol. The number of rotatable bonds is 4. The second-order valence-corrected chi connectivity index (χ2v) is 8.28. The lowest BCUT2D eigenvalue weighted by Crippen LogP contribution is -2.43. The van der Waals surface area contributed by atoms with Gasteiger partial charge in [0.15, 0.2) is 0 Å². The van der Waals surface area contributed by atoms with Gasteiger partial charge in [-0.15, -0.1) is 0 Å². The van der Waals surface area contributed by atoms with Crippen LogP contribution < -0.4 is 4.74 Å². The Balaban J connectivity index is 1.50. The molecule has 1 aromatic heterocycles. The minimum absolute atomic E-state index is 0.0678. The van der Waals surface area contributed by atoms with Crippen LogP contribution in [0.1, 0.15) is 19.3 Å². The summed E-state index contributed by atoms with van der Waals surface area (Å²) in [4.78, 5) is 22.5. The molecule has 0 bridgehead atoms. The predicted octanol–water partition coefficient (Wildman–Crippen LogP) is 0.128. The van der Waals surface area contributed by atoms with Gasteiger partial charge in [0.25, 0.3) is 0 Å². The summed E-state index contributed by atoms with van der Waals surface area (Å²) in [5.41, 5.74) is 0. The van der Waals surface area contributed by atoms with Gasteiger partial charge in [-0.1, -0.05) is 0 Å². The van der Waals surface area contributed by atoms with E-state index in [4.69, 9.17) is 4.74 Å². The highest BCUT2D eigenvalue weighted by atomic mass is 32.2. The van der Waals surface area contributed by atoms with Crippen molar-refractivity contribution < 1.29 is 17.9 Å². The van der Waals surface area contributed by atoms with Crippen LogP contribution in [0.5, 0.6) is 5.88 Å². The fraction of sp³-hybridized carbons (Fsp3) is 0.667. The molecule has 0 radical (unpaired) electrons. The van der Waals surface area contributed by atoms with Gasteiger partial charge >= 0.3 is 0 Å². The molecule has 0 aliphatic carbocycles. The second-order valence-electron chi connectivity index (χ2n) is 6.29. The van der Waals surface area contributed by atoms with E-state index in [1.54, 1.807) is 18.6 Å². The fourth-order valence-corrected chi connectivity index (χ4v) is 4.11. The lowest BCUT2D eigenvalue weighted by molar-refractivity contribution is -0.135. The van der Waals surface area contributed by atoms with E-state index in [1.807, 2.05) is 4.90 Å². The van der Waals surface area contributed by atoms with Crippen molar-refractivity contribution in [1.82, 2.24) is 19.2 Å². The molecular formula is C15H22N4O4S. The quantitative estimate of drug-likeness (QED) is 0.763. The highest BCUT2D eigenvalue weighted by Crippen LogP contribution is 2.24. The number of carbonyl (C=O) groups is 1. The Morgan fingerprint density at radius 1 is 1.21 bits per heavy atom. The summed E-state index contributed by atoms with van der Waals surface area (Å²) in [6.45, 7) is 2.04. The first-order chi connectivity index (χ1) is 11.4. The number of amides is 1. The molecule has 1 amide bonds. The van der Waals surface area contributed by atoms with Gasteiger partial charge in [-0.05, 0) is 12.8 Å². The molecule has 8 nitrogen and oxygen atoms in total. The first-order valence-corrected chi connectivity index (χ1v) is 9.95. The van der Waals surface area contributed by atoms with Crippen LogP contribution in [0.4, 0.5) is 0 Å². The highest BCUT2D eigenvalue weighted by Gasteiger charge is 2.35. The van der Waals surface area contributed by atoms with Crippen LogP contribution in [-0.4, -0.2) is 72.0 Å². The van der Waals surface area contributed by atoms with Crippen molar-refractivity contribution in [3.63, 3.8) is 0 Å². The standard InChI is InChI=1S/C15H22N4O4S/c1-24(21,22)19-8-2-12(3-9-19)15(20)18-7-4-13(11-18)23-14-10-16-5-6-17-14/h5-6,10,12-13H,2-4,7-9,11H2,1H3. The molecule has 0 spiro atoms. The molecule has 132 valence electrons. The average molecular weight is 354 g/mol. The molecule has 24 heavy (non-hydrogen) atoms. The first kappa shape index (κ1) is 17.1. The molecule has 2 fully saturated rings. The summed E-state index contributed by atoms with van der Waals surface area (Å²) in [6, 6.07) is 0. The summed E-state index contributed by atoms with van der Waals surface area (Å²) in [6.07, 6.45) is 7.79. The van der Waals surface area contributed by atoms with Crippen LogP contribution in [0.25, 0.3) is 0 Å². The number of likely N-dealkylation sites (tertiary alicyclic amines) is 1. The van der Waals surface area contributed by atoms with Crippen LogP contribution in [0.3, 0.4) is 0 Å². The van der Waals surface area contributed by atoms with Gasteiger partial charge in [0.05, 0.1) is 19.0 Å². The SMILES string of the molecule is CS(=O)(=O)N1CCC(C(=O)N2CCC(Oc3cnccn3)C2)CC1. The number of sulfonamides is 1. The summed E-state index contributed by atoms with van der Waals surface area (Å²) in [7, 11) is -3.16. The van der Waals surface area contributed by atoms with Gasteiger partial charge in [-0.3, -0.25) is 9.78 Å². The fourth-order valence-electron chi connectivity index (χ4n) is 3.23. The van der Waals surface area contributed by atoms with Crippen molar-refractivity contribution in [3.05, 3.63) is 18.6 Å². The molecule has 1 aromatic rings. The first-order valence-electron chi connectivity index (χ1n) is 8.10. The lowest BCUT2D eigenvalue weighted by Gasteiger charge is -2.31. The van der Waals surface area contributed by atoms with E-state index in [0.29, 0.717) is 44.9 Å². The minimum atomic E-state index is -3.16. The maximum absolute atomic E-state index is 12.6. The van der Waals surface area contributed by atoms with Crippen LogP contribution in [-0.2, 0) is 14.8 Å². The maximum Gasteiger partial charge on any atom is 0.232 e. The van der Waals surface area contributed by atoms with Gasteiger partial charge in [-0.25, -0.2) is 17.7 Å². The molecule has 9 heteroatoms. The average Bonchev–Trinajstić information content (AvgIpc) is 3.03. The Bertz CT molecular complexity index is 674. The zero-order valence-electron chi connectivity index (χ0n) is 13.7. The number of aromatic nitrogens is 2. The van der Waals surface area contributed by atoms with Gasteiger partial charge < -0.3 is 9.64 Å². The van der Waals surface area contributed by atoms with E-state index < -0.39 is 10.0 Å². The van der Waals surface area contributed by atoms with Crippen molar-refractivity contribution in [2.24, 2.45) is 5.92 Å². The zero-order valence-corrected chi connectivity index (χ0v) is 14.5. The summed E-state index contributed by atoms with van der Waals surface area (Å²) in [5.74, 6) is 0.477. The number of piperidine rings is 1. The van der Waals surface area contributed by atoms with Crippen LogP contribution in [0.2, 0.25) is 0 Å². The maximum atomic E-state index is 12.6. The Kier molecular flexibility index (Phi) is 5.00. The third kappa shape index (κ3) is 4.02. The zero-order chi connectivity index (χ0) is 17.2. The molecule has 2 aliphatic rings. The van der Waals surface area contributed by atoms with E-state index >= 15 is 0 Å². The van der Waals surface area contributed by atoms with Gasteiger partial charge in [0, 0.05) is 44.4 Å². The monoisotopic (exact) mass is 354 g/mol. The number of nitrogens with zero attached hydrogens (tertiary/aromatic N) is 4. The molecule has 0 N–H and O–H groups in total. The van der Waals surface area contributed by atoms with Crippen molar-refractivity contribution in [2.75, 3.05) is 32.4 Å². The van der Waals surface area contributed by atoms with E-state index in [9.17, 15) is 13.2 Å². The van der Waals surface area contributed by atoms with Gasteiger partial charge in [-0.2, -0.15) is 0 Å². The third-order valence-electron chi connectivity index (χ3n) is 4.56. The molecule has 0 saturated carbocycles. The Morgan fingerprint density at radius 2 is 1.96 bits per heavy atom. The van der Waals surface area contributed by atoms with Crippen LogP contribution >= 0.6 is 0 Å². The topological polar surface area (TPSA) is 92.7 Å². The normalized spacial score (nSPS) is 23.4. The number of hydrogen-bond acceptors (Lipinski definition) is 6. The molecule has 3 heterocycles. The van der Waals surface area contributed by atoms with E-state index in [1.165, 1.54) is 10.6 Å². The summed E-state index contributed by atoms with van der Waals surface area (Å²) in [5, 5.41) is 0. The highest BCUT2D eigenvalue weighted by molar-refractivity contribution is 7.88. The Morgan fingerprint density at radius 3 is 2.58 bits per heavy atom. The number of hydrogen-bond donors (Lipinski definition) is 0. The molecule has 1 unspecified atom stereocenters. The molecule has 1 atom stereocenters. The molecule has 2 aliphatic heterocycles. The Hall–Kier alpha value is -1.74. The lowest BCUT2D eigenvalue weighted by atomic mass is 9.97. The summed E-state index contributed by atoms with van der Waals surface area (Å²) < 4.78 is 30.3. The Labute approximate surface area is 141 Å². The van der Waals surface area contributed by atoms with E-state index in [-0.39, 0.29) is 17.9 Å². The molecule has 2 saturated heterocycles. The molecular weight excluding hydrogens is 332 g/mol. The van der Waals surface area contributed by atoms with Crippen molar-refractivity contribution in [1.29, 1.82) is 0 Å². The smallest absolute Gasteiger partial charge is 0.232 e. The van der Waals surface area contributed by atoms with E-state index in [2.05, 4.69) is 9.97 Å².